The first kappa shape index (κ1) is 31.6. The lowest BCUT2D eigenvalue weighted by atomic mass is 9.95. The number of halogens is 3. The number of alkyl halides is 3. The third-order valence-electron chi connectivity index (χ3n) is 8.07. The SMILES string of the molecule is CN(CC(CCN1CCCNCC1c1nc2ccccc2n1CCOCC(F)(F)F)c1cccnc1)C(=O)c1ccccc1. The van der Waals surface area contributed by atoms with Crippen molar-refractivity contribution in [1.29, 1.82) is 0 Å². The molecule has 234 valence electrons. The molecule has 2 atom stereocenters. The van der Waals surface area contributed by atoms with E-state index in [1.165, 1.54) is 0 Å². The summed E-state index contributed by atoms with van der Waals surface area (Å²) in [5, 5.41) is 3.53. The number of fused-ring (bicyclic) bond motifs is 1. The van der Waals surface area contributed by atoms with Gasteiger partial charge >= 0.3 is 6.18 Å². The number of benzene rings is 2. The highest BCUT2D eigenvalue weighted by molar-refractivity contribution is 5.94. The summed E-state index contributed by atoms with van der Waals surface area (Å²) in [5.74, 6) is 0.830. The van der Waals surface area contributed by atoms with Crippen LogP contribution in [-0.2, 0) is 11.3 Å². The van der Waals surface area contributed by atoms with Crippen LogP contribution in [0.3, 0.4) is 0 Å². The molecule has 3 heterocycles. The first-order valence-electron chi connectivity index (χ1n) is 15.0. The Bertz CT molecular complexity index is 1480. The lowest BCUT2D eigenvalue weighted by Gasteiger charge is -2.32. The first-order valence-corrected chi connectivity index (χ1v) is 15.0. The van der Waals surface area contributed by atoms with Gasteiger partial charge in [-0.1, -0.05) is 36.4 Å². The number of hydrogen-bond donors (Lipinski definition) is 1. The molecule has 0 saturated carbocycles. The number of carbonyl (C=O) groups is 1. The Morgan fingerprint density at radius 2 is 1.89 bits per heavy atom. The number of ether oxygens (including phenoxy) is 1. The van der Waals surface area contributed by atoms with E-state index in [-0.39, 0.29) is 31.0 Å². The minimum atomic E-state index is -4.37. The molecule has 0 radical (unpaired) electrons. The second-order valence-electron chi connectivity index (χ2n) is 11.2. The number of nitrogens with one attached hydrogen (secondary N) is 1. The van der Waals surface area contributed by atoms with Crippen LogP contribution in [0.25, 0.3) is 11.0 Å². The molecule has 0 aliphatic carbocycles. The third kappa shape index (κ3) is 8.22. The molecule has 2 aromatic heterocycles. The molecular weight excluding hydrogens is 569 g/mol. The fraction of sp³-hybridized carbons (Fsp3) is 0.424. The quantitative estimate of drug-likeness (QED) is 0.220. The van der Waals surface area contributed by atoms with Gasteiger partial charge in [-0.3, -0.25) is 14.7 Å². The number of nitrogens with zero attached hydrogens (tertiary/aromatic N) is 5. The molecule has 11 heteroatoms. The van der Waals surface area contributed by atoms with Gasteiger partial charge in [0.15, 0.2) is 0 Å². The zero-order valence-corrected chi connectivity index (χ0v) is 24.9. The monoisotopic (exact) mass is 608 g/mol. The van der Waals surface area contributed by atoms with Crippen LogP contribution in [0.5, 0.6) is 0 Å². The summed E-state index contributed by atoms with van der Waals surface area (Å²) in [6, 6.07) is 20.9. The molecule has 1 N–H and O–H groups in total. The average molecular weight is 609 g/mol. The van der Waals surface area contributed by atoms with Crippen LogP contribution in [0, 0.1) is 0 Å². The van der Waals surface area contributed by atoms with Gasteiger partial charge in [0, 0.05) is 57.1 Å². The molecule has 4 aromatic rings. The van der Waals surface area contributed by atoms with Crippen molar-refractivity contribution in [3.8, 4) is 0 Å². The molecule has 0 bridgehead atoms. The topological polar surface area (TPSA) is 75.5 Å². The van der Waals surface area contributed by atoms with Gasteiger partial charge in [0.1, 0.15) is 12.4 Å². The summed E-state index contributed by atoms with van der Waals surface area (Å²) >= 11 is 0. The van der Waals surface area contributed by atoms with Gasteiger partial charge in [-0.2, -0.15) is 13.2 Å². The summed E-state index contributed by atoms with van der Waals surface area (Å²) in [4.78, 5) is 26.7. The zero-order valence-electron chi connectivity index (χ0n) is 24.9. The van der Waals surface area contributed by atoms with Crippen LogP contribution in [-0.4, -0.2) is 89.4 Å². The van der Waals surface area contributed by atoms with Crippen molar-refractivity contribution >= 4 is 16.9 Å². The van der Waals surface area contributed by atoms with E-state index in [2.05, 4.69) is 21.3 Å². The molecule has 8 nitrogen and oxygen atoms in total. The largest absolute Gasteiger partial charge is 0.411 e. The molecular formula is C33H39F3N6O2. The number of amides is 1. The predicted octanol–water partition coefficient (Wildman–Crippen LogP) is 5.29. The average Bonchev–Trinajstić information content (AvgIpc) is 3.23. The lowest BCUT2D eigenvalue weighted by Crippen LogP contribution is -2.37. The summed E-state index contributed by atoms with van der Waals surface area (Å²) < 4.78 is 45.2. The van der Waals surface area contributed by atoms with Gasteiger partial charge in [0.2, 0.25) is 0 Å². The minimum absolute atomic E-state index is 0.0298. The highest BCUT2D eigenvalue weighted by atomic mass is 19.4. The van der Waals surface area contributed by atoms with Crippen LogP contribution in [0.4, 0.5) is 13.2 Å². The van der Waals surface area contributed by atoms with Crippen molar-refractivity contribution in [3.63, 3.8) is 0 Å². The maximum absolute atomic E-state index is 13.2. The summed E-state index contributed by atoms with van der Waals surface area (Å²) in [5.41, 5.74) is 3.39. The van der Waals surface area contributed by atoms with Gasteiger partial charge < -0.3 is 19.5 Å². The van der Waals surface area contributed by atoms with Gasteiger partial charge in [0.25, 0.3) is 5.91 Å². The third-order valence-corrected chi connectivity index (χ3v) is 8.07. The lowest BCUT2D eigenvalue weighted by molar-refractivity contribution is -0.174. The Balaban J connectivity index is 1.36. The Hall–Kier alpha value is -3.80. The second-order valence-corrected chi connectivity index (χ2v) is 11.2. The van der Waals surface area contributed by atoms with Crippen LogP contribution in [0.2, 0.25) is 0 Å². The van der Waals surface area contributed by atoms with Crippen molar-refractivity contribution in [1.82, 2.24) is 29.7 Å². The van der Waals surface area contributed by atoms with Crippen molar-refractivity contribution in [2.75, 3.05) is 53.0 Å². The number of rotatable bonds is 12. The van der Waals surface area contributed by atoms with E-state index in [9.17, 15) is 18.0 Å². The van der Waals surface area contributed by atoms with E-state index >= 15 is 0 Å². The molecule has 0 spiro atoms. The summed E-state index contributed by atoms with van der Waals surface area (Å²) in [6.45, 7) is 2.56. The number of para-hydroxylation sites is 2. The number of likely N-dealkylation sites (N-methyl/N-ethyl adjacent to an activating group) is 1. The Morgan fingerprint density at radius 3 is 2.66 bits per heavy atom. The molecule has 5 rings (SSSR count). The highest BCUT2D eigenvalue weighted by Gasteiger charge is 2.30. The maximum Gasteiger partial charge on any atom is 0.411 e. The molecule has 1 aliphatic heterocycles. The Kier molecular flexibility index (Phi) is 10.6. The molecule has 1 saturated heterocycles. The normalized spacial score (nSPS) is 17.0. The smallest absolute Gasteiger partial charge is 0.370 e. The molecule has 2 unspecified atom stereocenters. The number of hydrogen-bond acceptors (Lipinski definition) is 6. The van der Waals surface area contributed by atoms with Crippen molar-refractivity contribution in [2.24, 2.45) is 0 Å². The van der Waals surface area contributed by atoms with E-state index in [4.69, 9.17) is 9.72 Å². The van der Waals surface area contributed by atoms with Crippen molar-refractivity contribution in [2.45, 2.75) is 37.5 Å². The Morgan fingerprint density at radius 1 is 1.09 bits per heavy atom. The molecule has 44 heavy (non-hydrogen) atoms. The number of imidazole rings is 1. The summed E-state index contributed by atoms with van der Waals surface area (Å²) in [6.07, 6.45) is 0.984. The maximum atomic E-state index is 13.2. The van der Waals surface area contributed by atoms with Crippen LogP contribution < -0.4 is 5.32 Å². The van der Waals surface area contributed by atoms with Crippen LogP contribution >= 0.6 is 0 Å². The first-order chi connectivity index (χ1) is 21.3. The van der Waals surface area contributed by atoms with Gasteiger partial charge in [0.05, 0.1) is 23.7 Å². The number of aromatic nitrogens is 3. The summed E-state index contributed by atoms with van der Waals surface area (Å²) in [7, 11) is 1.83. The highest BCUT2D eigenvalue weighted by Crippen LogP contribution is 2.29. The van der Waals surface area contributed by atoms with E-state index in [1.54, 1.807) is 11.1 Å². The van der Waals surface area contributed by atoms with Crippen molar-refractivity contribution in [3.05, 3.63) is 96.1 Å². The van der Waals surface area contributed by atoms with Gasteiger partial charge in [-0.15, -0.1) is 0 Å². The second kappa shape index (κ2) is 14.8. The number of pyridine rings is 1. The fourth-order valence-corrected chi connectivity index (χ4v) is 5.90. The zero-order chi connectivity index (χ0) is 30.9. The van der Waals surface area contributed by atoms with Gasteiger partial charge in [-0.05, 0) is 61.8 Å². The van der Waals surface area contributed by atoms with Crippen molar-refractivity contribution < 1.29 is 22.7 Å². The van der Waals surface area contributed by atoms with E-state index in [1.807, 2.05) is 78.5 Å². The fourth-order valence-electron chi connectivity index (χ4n) is 5.90. The van der Waals surface area contributed by atoms with Crippen LogP contribution in [0.15, 0.2) is 79.1 Å². The Labute approximate surface area is 255 Å². The molecule has 1 fully saturated rings. The standard InChI is InChI=1S/C33H39F3N6O2/c1-40(32(43)25-9-3-2-4-10-25)23-27(26-11-7-15-37-21-26)14-18-41-17-8-16-38-22-30(41)31-39-28-12-5-6-13-29(28)42(31)19-20-44-24-33(34,35)36/h2-7,9-13,15,21,27,30,38H,8,14,16-20,22-24H2,1H3. The van der Waals surface area contributed by atoms with Crippen LogP contribution in [0.1, 0.15) is 46.5 Å². The van der Waals surface area contributed by atoms with Gasteiger partial charge in [-0.25, -0.2) is 4.98 Å². The molecule has 2 aromatic carbocycles. The minimum Gasteiger partial charge on any atom is -0.370 e. The molecule has 1 amide bonds. The van der Waals surface area contributed by atoms with E-state index in [0.717, 1.165) is 54.9 Å². The van der Waals surface area contributed by atoms with E-state index in [0.29, 0.717) is 18.7 Å². The predicted molar refractivity (Wildman–Crippen MR) is 163 cm³/mol. The van der Waals surface area contributed by atoms with E-state index < -0.39 is 12.8 Å². The number of carbonyl (C=O) groups excluding carboxylic acids is 1. The molecule has 1 aliphatic rings.